The molecule has 1 amide bonds. The molecular formula is C12H21NO5. The van der Waals surface area contributed by atoms with Gasteiger partial charge in [0.1, 0.15) is 11.6 Å². The summed E-state index contributed by atoms with van der Waals surface area (Å²) in [5, 5.41) is 11.2. The van der Waals surface area contributed by atoms with Crippen LogP contribution in [-0.4, -0.2) is 34.6 Å². The third kappa shape index (κ3) is 7.65. The molecule has 0 aliphatic rings. The number of ether oxygens (including phenoxy) is 1. The molecule has 0 aliphatic carbocycles. The molecule has 0 spiro atoms. The molecule has 0 fully saturated rings. The molecule has 104 valence electrons. The van der Waals surface area contributed by atoms with Gasteiger partial charge in [-0.25, -0.2) is 4.79 Å². The Morgan fingerprint density at radius 3 is 2.22 bits per heavy atom. The van der Waals surface area contributed by atoms with Crippen molar-refractivity contribution in [3.63, 3.8) is 0 Å². The number of rotatable bonds is 6. The van der Waals surface area contributed by atoms with Gasteiger partial charge in [0.25, 0.3) is 0 Å². The van der Waals surface area contributed by atoms with Crippen molar-refractivity contribution >= 4 is 17.8 Å². The van der Waals surface area contributed by atoms with E-state index < -0.39 is 23.6 Å². The Labute approximate surface area is 107 Å². The summed E-state index contributed by atoms with van der Waals surface area (Å²) >= 11 is 0. The van der Waals surface area contributed by atoms with Crippen LogP contribution in [0.3, 0.4) is 0 Å². The van der Waals surface area contributed by atoms with E-state index in [2.05, 4.69) is 5.32 Å². The van der Waals surface area contributed by atoms with Gasteiger partial charge in [-0.15, -0.1) is 0 Å². The van der Waals surface area contributed by atoms with Crippen molar-refractivity contribution in [2.45, 2.75) is 58.6 Å². The molecule has 0 aromatic heterocycles. The summed E-state index contributed by atoms with van der Waals surface area (Å²) in [4.78, 5) is 33.7. The van der Waals surface area contributed by atoms with Crippen molar-refractivity contribution in [1.82, 2.24) is 5.32 Å². The van der Waals surface area contributed by atoms with Crippen LogP contribution in [0.1, 0.15) is 47.0 Å². The number of aliphatic carboxylic acids is 1. The number of nitrogens with one attached hydrogen (secondary N) is 1. The monoisotopic (exact) mass is 259 g/mol. The first kappa shape index (κ1) is 16.4. The van der Waals surface area contributed by atoms with Gasteiger partial charge < -0.3 is 15.2 Å². The average Bonchev–Trinajstić information content (AvgIpc) is 2.13. The summed E-state index contributed by atoms with van der Waals surface area (Å²) in [7, 11) is 0. The summed E-state index contributed by atoms with van der Waals surface area (Å²) in [6, 6.07) is -1.24. The average molecular weight is 259 g/mol. The van der Waals surface area contributed by atoms with E-state index in [0.29, 0.717) is 6.42 Å². The van der Waals surface area contributed by atoms with Crippen molar-refractivity contribution in [1.29, 1.82) is 0 Å². The standard InChI is InChI=1S/C12H21NO5/c1-5-6-9(14)13-8(11(16)17)7-10(15)18-12(2,3)4/h8H,5-7H2,1-4H3,(H,13,14)(H,16,17)/t8-/m0/s1. The van der Waals surface area contributed by atoms with Crippen LogP contribution < -0.4 is 5.32 Å². The van der Waals surface area contributed by atoms with E-state index >= 15 is 0 Å². The van der Waals surface area contributed by atoms with Crippen LogP contribution in [0.5, 0.6) is 0 Å². The van der Waals surface area contributed by atoms with Crippen LogP contribution in [0.2, 0.25) is 0 Å². The lowest BCUT2D eigenvalue weighted by Crippen LogP contribution is -2.43. The number of carboxylic acids is 1. The maximum Gasteiger partial charge on any atom is 0.326 e. The normalized spacial score (nSPS) is 12.7. The maximum absolute atomic E-state index is 11.5. The third-order valence-electron chi connectivity index (χ3n) is 1.90. The quantitative estimate of drug-likeness (QED) is 0.696. The predicted octanol–water partition coefficient (Wildman–Crippen LogP) is 1.09. The molecule has 2 N–H and O–H groups in total. The first-order chi connectivity index (χ1) is 8.15. The first-order valence-corrected chi connectivity index (χ1v) is 5.89. The van der Waals surface area contributed by atoms with Gasteiger partial charge in [0, 0.05) is 6.42 Å². The lowest BCUT2D eigenvalue weighted by atomic mass is 10.1. The maximum atomic E-state index is 11.5. The van der Waals surface area contributed by atoms with Crippen molar-refractivity contribution in [3.05, 3.63) is 0 Å². The molecule has 6 heteroatoms. The highest BCUT2D eigenvalue weighted by Crippen LogP contribution is 2.09. The number of carbonyl (C=O) groups is 3. The predicted molar refractivity (Wildman–Crippen MR) is 64.9 cm³/mol. The van der Waals surface area contributed by atoms with Gasteiger partial charge in [-0.05, 0) is 27.2 Å². The van der Waals surface area contributed by atoms with Gasteiger partial charge in [-0.3, -0.25) is 9.59 Å². The second-order valence-corrected chi connectivity index (χ2v) is 5.00. The molecule has 18 heavy (non-hydrogen) atoms. The number of hydrogen-bond donors (Lipinski definition) is 2. The summed E-state index contributed by atoms with van der Waals surface area (Å²) in [5.41, 5.74) is -0.673. The Kier molecular flexibility index (Phi) is 6.36. The zero-order chi connectivity index (χ0) is 14.3. The van der Waals surface area contributed by atoms with Crippen LogP contribution in [-0.2, 0) is 19.1 Å². The van der Waals surface area contributed by atoms with E-state index in [1.54, 1.807) is 20.8 Å². The molecule has 0 bridgehead atoms. The Hall–Kier alpha value is -1.59. The summed E-state index contributed by atoms with van der Waals surface area (Å²) in [5.74, 6) is -2.27. The van der Waals surface area contributed by atoms with Crippen LogP contribution in [0.25, 0.3) is 0 Å². The molecule has 0 heterocycles. The smallest absolute Gasteiger partial charge is 0.326 e. The lowest BCUT2D eigenvalue weighted by molar-refractivity contribution is -0.158. The summed E-state index contributed by atoms with van der Waals surface area (Å²) in [6.45, 7) is 6.88. The van der Waals surface area contributed by atoms with Gasteiger partial charge in [-0.1, -0.05) is 6.92 Å². The fourth-order valence-electron chi connectivity index (χ4n) is 1.24. The van der Waals surface area contributed by atoms with Crippen molar-refractivity contribution in [2.75, 3.05) is 0 Å². The Morgan fingerprint density at radius 2 is 1.83 bits per heavy atom. The Balaban J connectivity index is 4.41. The largest absolute Gasteiger partial charge is 0.480 e. The third-order valence-corrected chi connectivity index (χ3v) is 1.90. The molecular weight excluding hydrogens is 238 g/mol. The van der Waals surface area contributed by atoms with Gasteiger partial charge in [0.15, 0.2) is 0 Å². The second kappa shape index (κ2) is 6.98. The van der Waals surface area contributed by atoms with E-state index in [9.17, 15) is 14.4 Å². The van der Waals surface area contributed by atoms with Crippen molar-refractivity contribution < 1.29 is 24.2 Å². The molecule has 0 aromatic carbocycles. The summed E-state index contributed by atoms with van der Waals surface area (Å²) in [6.07, 6.45) is 0.477. The molecule has 0 aliphatic heterocycles. The first-order valence-electron chi connectivity index (χ1n) is 5.89. The Morgan fingerprint density at radius 1 is 1.28 bits per heavy atom. The highest BCUT2D eigenvalue weighted by Gasteiger charge is 2.26. The lowest BCUT2D eigenvalue weighted by Gasteiger charge is -2.21. The van der Waals surface area contributed by atoms with Gasteiger partial charge in [-0.2, -0.15) is 0 Å². The van der Waals surface area contributed by atoms with Crippen LogP contribution >= 0.6 is 0 Å². The highest BCUT2D eigenvalue weighted by molar-refractivity contribution is 5.87. The molecule has 0 aromatic rings. The number of amides is 1. The number of esters is 1. The van der Waals surface area contributed by atoms with Crippen molar-refractivity contribution in [2.24, 2.45) is 0 Å². The number of carboxylic acid groups (broad SMARTS) is 1. The minimum atomic E-state index is -1.25. The van der Waals surface area contributed by atoms with E-state index in [-0.39, 0.29) is 18.7 Å². The van der Waals surface area contributed by atoms with Crippen molar-refractivity contribution in [3.8, 4) is 0 Å². The SMILES string of the molecule is CCCC(=O)N[C@@H](CC(=O)OC(C)(C)C)C(=O)O. The molecule has 0 unspecified atom stereocenters. The van der Waals surface area contributed by atoms with Gasteiger partial charge >= 0.3 is 11.9 Å². The zero-order valence-electron chi connectivity index (χ0n) is 11.3. The molecule has 1 atom stereocenters. The van der Waals surface area contributed by atoms with E-state index in [4.69, 9.17) is 9.84 Å². The number of hydrogen-bond acceptors (Lipinski definition) is 4. The van der Waals surface area contributed by atoms with E-state index in [1.165, 1.54) is 0 Å². The summed E-state index contributed by atoms with van der Waals surface area (Å²) < 4.78 is 5.01. The Bertz CT molecular complexity index is 319. The molecule has 0 saturated heterocycles. The van der Waals surface area contributed by atoms with Crippen LogP contribution in [0.4, 0.5) is 0 Å². The fourth-order valence-corrected chi connectivity index (χ4v) is 1.24. The van der Waals surface area contributed by atoms with E-state index in [1.807, 2.05) is 6.92 Å². The van der Waals surface area contributed by atoms with E-state index in [0.717, 1.165) is 0 Å². The van der Waals surface area contributed by atoms with Crippen LogP contribution in [0.15, 0.2) is 0 Å². The number of carbonyl (C=O) groups excluding carboxylic acids is 2. The molecule has 0 saturated carbocycles. The van der Waals surface area contributed by atoms with Gasteiger partial charge in [0.2, 0.25) is 5.91 Å². The zero-order valence-corrected chi connectivity index (χ0v) is 11.3. The molecule has 0 radical (unpaired) electrons. The fraction of sp³-hybridized carbons (Fsp3) is 0.750. The minimum absolute atomic E-state index is 0.234. The highest BCUT2D eigenvalue weighted by atomic mass is 16.6. The topological polar surface area (TPSA) is 92.7 Å². The second-order valence-electron chi connectivity index (χ2n) is 5.00. The minimum Gasteiger partial charge on any atom is -0.480 e. The molecule has 6 nitrogen and oxygen atoms in total. The molecule has 0 rings (SSSR count). The van der Waals surface area contributed by atoms with Crippen LogP contribution in [0, 0.1) is 0 Å². The van der Waals surface area contributed by atoms with Gasteiger partial charge in [0.05, 0.1) is 6.42 Å².